The maximum absolute atomic E-state index is 12.3. The zero-order valence-electron chi connectivity index (χ0n) is 16.2. The Hall–Kier alpha value is -3.15. The van der Waals surface area contributed by atoms with Crippen molar-refractivity contribution < 1.29 is 14.4 Å². The van der Waals surface area contributed by atoms with Crippen LogP contribution < -0.4 is 15.5 Å². The average molecular weight is 379 g/mol. The Balaban J connectivity index is 1.55. The van der Waals surface area contributed by atoms with Crippen molar-refractivity contribution in [1.82, 2.24) is 5.32 Å². The van der Waals surface area contributed by atoms with Gasteiger partial charge >= 0.3 is 0 Å². The number of rotatable bonds is 6. The van der Waals surface area contributed by atoms with Crippen molar-refractivity contribution in [3.8, 4) is 0 Å². The number of nitrogens with zero attached hydrogens (tertiary/aromatic N) is 1. The standard InChI is InChI=1S/C22H25N3O3/c1-15(18-7-11-20(12-8-18)25-13-3-4-22(25)28)23-21(27)14-17-5-9-19(10-6-17)24-16(2)26/h5-12,15H,3-4,13-14H2,1-2H3,(H,23,27)(H,24,26). The van der Waals surface area contributed by atoms with E-state index in [4.69, 9.17) is 0 Å². The van der Waals surface area contributed by atoms with Gasteiger partial charge in [0.1, 0.15) is 0 Å². The van der Waals surface area contributed by atoms with E-state index in [1.807, 2.05) is 43.3 Å². The zero-order chi connectivity index (χ0) is 20.1. The number of amides is 3. The van der Waals surface area contributed by atoms with Crippen LogP contribution in [0.15, 0.2) is 48.5 Å². The first-order valence-electron chi connectivity index (χ1n) is 9.48. The minimum absolute atomic E-state index is 0.0708. The Labute approximate surface area is 164 Å². The normalized spacial score (nSPS) is 14.6. The molecule has 146 valence electrons. The third-order valence-electron chi connectivity index (χ3n) is 4.79. The first-order chi connectivity index (χ1) is 13.4. The molecule has 1 fully saturated rings. The van der Waals surface area contributed by atoms with Crippen LogP contribution in [-0.4, -0.2) is 24.3 Å². The van der Waals surface area contributed by atoms with Gasteiger partial charge in [-0.3, -0.25) is 14.4 Å². The summed E-state index contributed by atoms with van der Waals surface area (Å²) < 4.78 is 0. The number of carbonyl (C=O) groups is 3. The number of hydrogen-bond acceptors (Lipinski definition) is 3. The van der Waals surface area contributed by atoms with Gasteiger partial charge in [-0.05, 0) is 48.7 Å². The molecule has 3 rings (SSSR count). The van der Waals surface area contributed by atoms with Crippen LogP contribution >= 0.6 is 0 Å². The molecule has 0 aromatic heterocycles. The zero-order valence-corrected chi connectivity index (χ0v) is 16.2. The minimum Gasteiger partial charge on any atom is -0.349 e. The van der Waals surface area contributed by atoms with Crippen molar-refractivity contribution in [2.45, 2.75) is 39.2 Å². The summed E-state index contributed by atoms with van der Waals surface area (Å²) >= 11 is 0. The van der Waals surface area contributed by atoms with E-state index >= 15 is 0 Å². The second-order valence-corrected chi connectivity index (χ2v) is 7.08. The molecule has 0 saturated carbocycles. The van der Waals surface area contributed by atoms with E-state index < -0.39 is 0 Å². The van der Waals surface area contributed by atoms with Crippen LogP contribution in [0.3, 0.4) is 0 Å². The number of nitrogens with one attached hydrogen (secondary N) is 2. The van der Waals surface area contributed by atoms with Crippen LogP contribution in [-0.2, 0) is 20.8 Å². The van der Waals surface area contributed by atoms with E-state index in [0.717, 1.165) is 29.8 Å². The van der Waals surface area contributed by atoms with Gasteiger partial charge in [-0.25, -0.2) is 0 Å². The summed E-state index contributed by atoms with van der Waals surface area (Å²) in [5, 5.41) is 5.70. The lowest BCUT2D eigenvalue weighted by atomic mass is 10.1. The lowest BCUT2D eigenvalue weighted by Gasteiger charge is -2.18. The molecule has 3 amide bonds. The van der Waals surface area contributed by atoms with E-state index in [1.165, 1.54) is 6.92 Å². The highest BCUT2D eigenvalue weighted by Crippen LogP contribution is 2.23. The summed E-state index contributed by atoms with van der Waals surface area (Å²) in [7, 11) is 0. The van der Waals surface area contributed by atoms with Crippen molar-refractivity contribution in [3.05, 3.63) is 59.7 Å². The number of carbonyl (C=O) groups excluding carboxylic acids is 3. The molecular weight excluding hydrogens is 354 g/mol. The van der Waals surface area contributed by atoms with E-state index in [2.05, 4.69) is 10.6 Å². The topological polar surface area (TPSA) is 78.5 Å². The summed E-state index contributed by atoms with van der Waals surface area (Å²) in [6.45, 7) is 4.16. The molecule has 0 spiro atoms. The maximum atomic E-state index is 12.3. The second kappa shape index (κ2) is 8.69. The van der Waals surface area contributed by atoms with Gasteiger partial charge in [-0.2, -0.15) is 0 Å². The largest absolute Gasteiger partial charge is 0.349 e. The van der Waals surface area contributed by atoms with Gasteiger partial charge in [0.15, 0.2) is 0 Å². The highest BCUT2D eigenvalue weighted by atomic mass is 16.2. The number of benzene rings is 2. The maximum Gasteiger partial charge on any atom is 0.227 e. The molecule has 2 aromatic carbocycles. The van der Waals surface area contributed by atoms with Gasteiger partial charge in [0.25, 0.3) is 0 Å². The van der Waals surface area contributed by atoms with Crippen LogP contribution in [0.4, 0.5) is 11.4 Å². The van der Waals surface area contributed by atoms with Crippen molar-refractivity contribution >= 4 is 29.1 Å². The summed E-state index contributed by atoms with van der Waals surface area (Å²) in [4.78, 5) is 37.0. The Bertz CT molecular complexity index is 860. The molecule has 1 heterocycles. The smallest absolute Gasteiger partial charge is 0.227 e. The molecule has 6 nitrogen and oxygen atoms in total. The van der Waals surface area contributed by atoms with Crippen molar-refractivity contribution in [3.63, 3.8) is 0 Å². The Morgan fingerprint density at radius 3 is 2.32 bits per heavy atom. The monoisotopic (exact) mass is 379 g/mol. The molecule has 1 aliphatic heterocycles. The highest BCUT2D eigenvalue weighted by molar-refractivity contribution is 5.95. The van der Waals surface area contributed by atoms with Crippen LogP contribution in [0.2, 0.25) is 0 Å². The molecule has 1 aliphatic rings. The molecule has 28 heavy (non-hydrogen) atoms. The van der Waals surface area contributed by atoms with Crippen LogP contribution in [0.5, 0.6) is 0 Å². The third-order valence-corrected chi connectivity index (χ3v) is 4.79. The van der Waals surface area contributed by atoms with Crippen LogP contribution in [0, 0.1) is 0 Å². The van der Waals surface area contributed by atoms with Crippen LogP contribution in [0.25, 0.3) is 0 Å². The van der Waals surface area contributed by atoms with E-state index in [1.54, 1.807) is 17.0 Å². The predicted octanol–water partition coefficient (Wildman–Crippen LogP) is 3.19. The highest BCUT2D eigenvalue weighted by Gasteiger charge is 2.21. The summed E-state index contributed by atoms with van der Waals surface area (Å²) in [5.41, 5.74) is 3.48. The SMILES string of the molecule is CC(=O)Nc1ccc(CC(=O)NC(C)c2ccc(N3CCCC3=O)cc2)cc1. The van der Waals surface area contributed by atoms with Gasteiger partial charge in [0.05, 0.1) is 12.5 Å². The molecule has 1 saturated heterocycles. The Morgan fingerprint density at radius 1 is 1.07 bits per heavy atom. The molecule has 1 unspecified atom stereocenters. The van der Waals surface area contributed by atoms with Gasteiger partial charge in [0, 0.05) is 31.3 Å². The Morgan fingerprint density at radius 2 is 1.75 bits per heavy atom. The first-order valence-corrected chi connectivity index (χ1v) is 9.48. The van der Waals surface area contributed by atoms with Crippen molar-refractivity contribution in [2.75, 3.05) is 16.8 Å². The predicted molar refractivity (Wildman–Crippen MR) is 109 cm³/mol. The minimum atomic E-state index is -0.130. The van der Waals surface area contributed by atoms with Gasteiger partial charge in [-0.15, -0.1) is 0 Å². The molecular formula is C22H25N3O3. The fourth-order valence-corrected chi connectivity index (χ4v) is 3.33. The van der Waals surface area contributed by atoms with Crippen molar-refractivity contribution in [2.24, 2.45) is 0 Å². The summed E-state index contributed by atoms with van der Waals surface area (Å²) in [6, 6.07) is 14.9. The van der Waals surface area contributed by atoms with E-state index in [-0.39, 0.29) is 30.2 Å². The Kier molecular flexibility index (Phi) is 6.09. The van der Waals surface area contributed by atoms with Gasteiger partial charge < -0.3 is 15.5 Å². The lowest BCUT2D eigenvalue weighted by Crippen LogP contribution is -2.28. The lowest BCUT2D eigenvalue weighted by molar-refractivity contribution is -0.121. The fourth-order valence-electron chi connectivity index (χ4n) is 3.33. The molecule has 0 bridgehead atoms. The van der Waals surface area contributed by atoms with E-state index in [0.29, 0.717) is 12.1 Å². The average Bonchev–Trinajstić information content (AvgIpc) is 3.09. The second-order valence-electron chi connectivity index (χ2n) is 7.08. The van der Waals surface area contributed by atoms with Gasteiger partial charge in [0.2, 0.25) is 17.7 Å². The summed E-state index contributed by atoms with van der Waals surface area (Å²) in [5.74, 6) is -0.0309. The molecule has 2 aromatic rings. The molecule has 0 radical (unpaired) electrons. The van der Waals surface area contributed by atoms with Gasteiger partial charge in [-0.1, -0.05) is 24.3 Å². The van der Waals surface area contributed by atoms with Crippen molar-refractivity contribution in [1.29, 1.82) is 0 Å². The number of anilines is 2. The third kappa shape index (κ3) is 4.97. The van der Waals surface area contributed by atoms with Crippen LogP contribution in [0.1, 0.15) is 43.9 Å². The van der Waals surface area contributed by atoms with E-state index in [9.17, 15) is 14.4 Å². The molecule has 0 aliphatic carbocycles. The molecule has 6 heteroatoms. The fraction of sp³-hybridized carbons (Fsp3) is 0.318. The molecule has 2 N–H and O–H groups in total. The first kappa shape index (κ1) is 19.6. The quantitative estimate of drug-likeness (QED) is 0.809. The summed E-state index contributed by atoms with van der Waals surface area (Å²) in [6.07, 6.45) is 1.78. The number of hydrogen-bond donors (Lipinski definition) is 2. The molecule has 1 atom stereocenters.